The van der Waals surface area contributed by atoms with Crippen molar-refractivity contribution in [1.29, 1.82) is 0 Å². The highest BCUT2D eigenvalue weighted by atomic mass is 35.5. The predicted molar refractivity (Wildman–Crippen MR) is 133 cm³/mol. The molecular formula is C26H26ClF3N4O3. The van der Waals surface area contributed by atoms with Gasteiger partial charge in [-0.1, -0.05) is 17.7 Å². The monoisotopic (exact) mass is 534 g/mol. The highest BCUT2D eigenvalue weighted by Crippen LogP contribution is 2.38. The molecule has 1 aromatic heterocycles. The minimum absolute atomic E-state index is 0.131. The lowest BCUT2D eigenvalue weighted by Crippen LogP contribution is -2.46. The summed E-state index contributed by atoms with van der Waals surface area (Å²) in [5.74, 6) is 0.435. The number of aromatic nitrogens is 3. The minimum Gasteiger partial charge on any atom is -0.490 e. The van der Waals surface area contributed by atoms with E-state index < -0.39 is 23.2 Å². The number of alkyl halides is 3. The number of nitrogens with zero attached hydrogens (tertiary/aromatic N) is 2. The smallest absolute Gasteiger partial charge is 0.402 e. The Balaban J connectivity index is 1.55. The molecule has 1 saturated carbocycles. The number of benzene rings is 2. The van der Waals surface area contributed by atoms with Crippen molar-refractivity contribution in [2.24, 2.45) is 11.3 Å². The molecule has 0 aliphatic heterocycles. The molecule has 0 unspecified atom stereocenters. The molecule has 1 fully saturated rings. The lowest BCUT2D eigenvalue weighted by Gasteiger charge is -2.26. The van der Waals surface area contributed by atoms with Gasteiger partial charge in [-0.25, -0.2) is 9.78 Å². The largest absolute Gasteiger partial charge is 0.490 e. The summed E-state index contributed by atoms with van der Waals surface area (Å²) in [6.07, 6.45) is -2.22. The van der Waals surface area contributed by atoms with Gasteiger partial charge < -0.3 is 10.1 Å². The molecule has 0 saturated heterocycles. The summed E-state index contributed by atoms with van der Waals surface area (Å²) in [5.41, 5.74) is -1.80. The van der Waals surface area contributed by atoms with Crippen molar-refractivity contribution < 1.29 is 22.7 Å². The van der Waals surface area contributed by atoms with E-state index in [2.05, 4.69) is 20.3 Å². The first-order valence-electron chi connectivity index (χ1n) is 11.7. The zero-order chi connectivity index (χ0) is 27.0. The Hall–Kier alpha value is -3.40. The van der Waals surface area contributed by atoms with E-state index in [1.807, 2.05) is 6.92 Å². The maximum atomic E-state index is 13.1. The van der Waals surface area contributed by atoms with Gasteiger partial charge in [-0.05, 0) is 81.5 Å². The molecular weight excluding hydrogens is 509 g/mol. The topological polar surface area (TPSA) is 97.0 Å². The Labute approximate surface area is 216 Å². The quantitative estimate of drug-likeness (QED) is 0.396. The van der Waals surface area contributed by atoms with Gasteiger partial charge in [0.15, 0.2) is 5.82 Å². The molecule has 4 rings (SSSR count). The van der Waals surface area contributed by atoms with Gasteiger partial charge in [-0.2, -0.15) is 18.2 Å². The molecule has 11 heteroatoms. The summed E-state index contributed by atoms with van der Waals surface area (Å²) in [6.45, 7) is 3.49. The number of H-pyrrole nitrogens is 1. The van der Waals surface area contributed by atoms with Crippen LogP contribution in [0.15, 0.2) is 47.3 Å². The molecule has 2 N–H and O–H groups in total. The third-order valence-electron chi connectivity index (χ3n) is 6.39. The van der Waals surface area contributed by atoms with Crippen LogP contribution in [0.4, 0.5) is 13.2 Å². The molecule has 3 aromatic rings. The first kappa shape index (κ1) is 26.7. The van der Waals surface area contributed by atoms with E-state index in [9.17, 15) is 22.8 Å². The van der Waals surface area contributed by atoms with E-state index in [4.69, 9.17) is 16.3 Å². The summed E-state index contributed by atoms with van der Waals surface area (Å²) in [4.78, 5) is 35.4. The van der Waals surface area contributed by atoms with Crippen molar-refractivity contribution in [3.63, 3.8) is 0 Å². The average molecular weight is 535 g/mol. The molecule has 1 aliphatic rings. The van der Waals surface area contributed by atoms with E-state index >= 15 is 0 Å². The van der Waals surface area contributed by atoms with Crippen LogP contribution in [0, 0.1) is 11.3 Å². The highest BCUT2D eigenvalue weighted by Gasteiger charge is 2.52. The van der Waals surface area contributed by atoms with E-state index in [0.29, 0.717) is 28.4 Å². The van der Waals surface area contributed by atoms with Crippen molar-refractivity contribution in [2.75, 3.05) is 0 Å². The van der Waals surface area contributed by atoms with Gasteiger partial charge in [-0.15, -0.1) is 0 Å². The Morgan fingerprint density at radius 3 is 2.46 bits per heavy atom. The molecule has 2 aromatic carbocycles. The van der Waals surface area contributed by atoms with Crippen LogP contribution in [-0.4, -0.2) is 33.1 Å². The Bertz CT molecular complexity index is 1350. The van der Waals surface area contributed by atoms with Crippen molar-refractivity contribution in [1.82, 2.24) is 20.3 Å². The fourth-order valence-corrected chi connectivity index (χ4v) is 3.80. The third-order valence-corrected chi connectivity index (χ3v) is 6.72. The summed E-state index contributed by atoms with van der Waals surface area (Å²) in [6, 6.07) is 11.7. The number of carbonyl (C=O) groups excluding carboxylic acids is 1. The normalized spacial score (nSPS) is 14.8. The van der Waals surface area contributed by atoms with Gasteiger partial charge in [0.1, 0.15) is 17.0 Å². The van der Waals surface area contributed by atoms with Gasteiger partial charge in [-0.3, -0.25) is 9.78 Å². The van der Waals surface area contributed by atoms with Crippen LogP contribution in [0.1, 0.15) is 39.2 Å². The predicted octanol–water partition coefficient (Wildman–Crippen LogP) is 5.53. The number of amides is 1. The fourth-order valence-electron chi connectivity index (χ4n) is 3.60. The van der Waals surface area contributed by atoms with Gasteiger partial charge >= 0.3 is 11.9 Å². The van der Waals surface area contributed by atoms with Gasteiger partial charge in [0.25, 0.3) is 0 Å². The lowest BCUT2D eigenvalue weighted by atomic mass is 9.91. The second-order valence-corrected chi connectivity index (χ2v) is 10.0. The van der Waals surface area contributed by atoms with Crippen molar-refractivity contribution in [3.8, 4) is 28.5 Å². The van der Waals surface area contributed by atoms with Crippen molar-refractivity contribution >= 4 is 17.5 Å². The number of hydrogen-bond acceptors (Lipinski definition) is 5. The lowest BCUT2D eigenvalue weighted by molar-refractivity contribution is -0.211. The second kappa shape index (κ2) is 10.2. The summed E-state index contributed by atoms with van der Waals surface area (Å²) >= 11 is 6.34. The number of aromatic amines is 1. The van der Waals surface area contributed by atoms with E-state index in [-0.39, 0.29) is 29.3 Å². The van der Waals surface area contributed by atoms with Crippen molar-refractivity contribution in [3.05, 3.63) is 63.5 Å². The molecule has 1 aliphatic carbocycles. The fraction of sp³-hybridized carbons (Fsp3) is 0.385. The number of rotatable bonds is 8. The summed E-state index contributed by atoms with van der Waals surface area (Å²) in [5, 5.41) is 2.56. The van der Waals surface area contributed by atoms with E-state index in [1.165, 1.54) is 18.9 Å². The van der Waals surface area contributed by atoms with E-state index in [0.717, 1.165) is 13.8 Å². The van der Waals surface area contributed by atoms with Crippen LogP contribution in [-0.2, 0) is 11.3 Å². The molecule has 0 radical (unpaired) electrons. The third kappa shape index (κ3) is 6.12. The second-order valence-electron chi connectivity index (χ2n) is 9.63. The number of carbonyl (C=O) groups is 1. The van der Waals surface area contributed by atoms with Crippen LogP contribution in [0.3, 0.4) is 0 Å². The Morgan fingerprint density at radius 1 is 1.16 bits per heavy atom. The molecule has 0 bridgehead atoms. The SMILES string of the molecule is C[C@H](Oc1ccc(-c2nc(-c3cc(CNC(=O)C(C)(C)C(F)(F)F)ccc3Cl)[nH]c(=O)n2)cc1)C1CC1. The van der Waals surface area contributed by atoms with Crippen LogP contribution >= 0.6 is 11.6 Å². The minimum atomic E-state index is -4.70. The van der Waals surface area contributed by atoms with Crippen LogP contribution in [0.2, 0.25) is 5.02 Å². The van der Waals surface area contributed by atoms with Crippen molar-refractivity contribution in [2.45, 2.75) is 52.4 Å². The maximum Gasteiger partial charge on any atom is 0.402 e. The zero-order valence-corrected chi connectivity index (χ0v) is 21.2. The van der Waals surface area contributed by atoms with Crippen LogP contribution < -0.4 is 15.7 Å². The molecule has 1 atom stereocenters. The van der Waals surface area contributed by atoms with Gasteiger partial charge in [0, 0.05) is 17.7 Å². The Morgan fingerprint density at radius 2 is 1.84 bits per heavy atom. The maximum absolute atomic E-state index is 13.1. The molecule has 7 nitrogen and oxygen atoms in total. The van der Waals surface area contributed by atoms with Gasteiger partial charge in [0.2, 0.25) is 5.91 Å². The zero-order valence-electron chi connectivity index (χ0n) is 20.4. The summed E-state index contributed by atoms with van der Waals surface area (Å²) in [7, 11) is 0. The van der Waals surface area contributed by atoms with E-state index in [1.54, 1.807) is 36.4 Å². The average Bonchev–Trinajstić information content (AvgIpc) is 3.68. The van der Waals surface area contributed by atoms with Crippen LogP contribution in [0.25, 0.3) is 22.8 Å². The molecule has 37 heavy (non-hydrogen) atoms. The van der Waals surface area contributed by atoms with Gasteiger partial charge in [0.05, 0.1) is 11.1 Å². The first-order valence-corrected chi connectivity index (χ1v) is 12.1. The molecule has 196 valence electrons. The molecule has 1 amide bonds. The standard InChI is InChI=1S/C26H26ClF3N4O3/c1-14(16-5-6-16)37-18-9-7-17(8-10-18)21-32-22(34-24(36)33-21)19-12-15(4-11-20(19)27)13-31-23(35)25(2,3)26(28,29)30/h4,7-12,14,16H,5-6,13H2,1-3H3,(H,31,35)(H,32,33,34,36)/t14-/m0/s1. The number of ether oxygens (including phenoxy) is 1. The number of nitrogens with one attached hydrogen (secondary N) is 2. The highest BCUT2D eigenvalue weighted by molar-refractivity contribution is 6.33. The number of halogens is 4. The molecule has 0 spiro atoms. The molecule has 1 heterocycles. The summed E-state index contributed by atoms with van der Waals surface area (Å²) < 4.78 is 45.4. The Kier molecular flexibility index (Phi) is 7.32. The number of hydrogen-bond donors (Lipinski definition) is 2. The van der Waals surface area contributed by atoms with Crippen LogP contribution in [0.5, 0.6) is 5.75 Å². The first-order chi connectivity index (χ1) is 17.3.